The average molecular weight is 545 g/mol. The van der Waals surface area contributed by atoms with Gasteiger partial charge in [0.05, 0.1) is 19.9 Å². The maximum absolute atomic E-state index is 11.8. The van der Waals surface area contributed by atoms with Gasteiger partial charge in [-0.2, -0.15) is 0 Å². The van der Waals surface area contributed by atoms with Crippen LogP contribution in [0.25, 0.3) is 11.3 Å². The van der Waals surface area contributed by atoms with E-state index in [0.717, 1.165) is 29.8 Å². The van der Waals surface area contributed by atoms with Crippen molar-refractivity contribution in [3.63, 3.8) is 0 Å². The van der Waals surface area contributed by atoms with Gasteiger partial charge in [0.25, 0.3) is 11.8 Å². The fourth-order valence-electron chi connectivity index (χ4n) is 3.88. The summed E-state index contributed by atoms with van der Waals surface area (Å²) < 4.78 is 10.3. The van der Waals surface area contributed by atoms with E-state index in [9.17, 15) is 19.5 Å². The molecule has 1 aromatic heterocycles. The molecule has 3 heterocycles. The first-order chi connectivity index (χ1) is 19.3. The molecule has 1 atom stereocenters. The molecule has 2 aliphatic heterocycles. The molecule has 2 aliphatic rings. The van der Waals surface area contributed by atoms with Gasteiger partial charge in [0.2, 0.25) is 0 Å². The second-order valence-corrected chi connectivity index (χ2v) is 8.46. The minimum absolute atomic E-state index is 0.0881. The minimum Gasteiger partial charge on any atom is -0.508 e. The van der Waals surface area contributed by atoms with Crippen molar-refractivity contribution in [3.8, 4) is 40.3 Å². The normalized spacial score (nSPS) is 15.1. The summed E-state index contributed by atoms with van der Waals surface area (Å²) in [5, 5.41) is 14.1. The number of benzene rings is 2. The third-order valence-electron chi connectivity index (χ3n) is 5.94. The zero-order valence-corrected chi connectivity index (χ0v) is 23.1. The SMILES string of the molecule is CC.COc1ccc(-c2cccc(O)c2)nc1C#CC1NC(=O)NC1=O.COc1ccc2c(c1)C(=O)N(C)CC2. The van der Waals surface area contributed by atoms with E-state index in [4.69, 9.17) is 9.47 Å². The molecule has 0 bridgehead atoms. The lowest BCUT2D eigenvalue weighted by Gasteiger charge is -2.24. The first kappa shape index (κ1) is 29.5. The van der Waals surface area contributed by atoms with Crippen molar-refractivity contribution >= 4 is 17.8 Å². The number of pyridine rings is 1. The summed E-state index contributed by atoms with van der Waals surface area (Å²) in [6.07, 6.45) is 0.932. The number of phenolic OH excluding ortho intramolecular Hbond substituents is 1. The predicted octanol–water partition coefficient (Wildman–Crippen LogP) is 3.37. The standard InChI is InChI=1S/C17H13N3O4.C11H13NO2.C2H6/c1-24-15-8-7-12(10-3-2-4-11(21)9-10)18-13(15)5-6-14-16(22)20-17(23)19-14;1-12-6-5-8-3-4-9(14-2)7-10(8)11(12)13;1-2/h2-4,7-9,14,21H,1H3,(H2,19,20,22,23);3-4,7H,5-6H2,1-2H3;1-2H3. The summed E-state index contributed by atoms with van der Waals surface area (Å²) in [5.41, 5.74) is 3.53. The number of nitrogens with zero attached hydrogens (tertiary/aromatic N) is 2. The summed E-state index contributed by atoms with van der Waals surface area (Å²) in [5.74, 6) is 6.31. The number of rotatable bonds is 3. The highest BCUT2D eigenvalue weighted by molar-refractivity contribution is 6.05. The third kappa shape index (κ3) is 7.08. The van der Waals surface area contributed by atoms with Crippen molar-refractivity contribution in [2.45, 2.75) is 26.3 Å². The molecule has 0 aliphatic carbocycles. The zero-order valence-electron chi connectivity index (χ0n) is 23.1. The summed E-state index contributed by atoms with van der Waals surface area (Å²) in [4.78, 5) is 40.5. The molecule has 2 aromatic carbocycles. The van der Waals surface area contributed by atoms with E-state index in [-0.39, 0.29) is 11.7 Å². The highest BCUT2D eigenvalue weighted by Crippen LogP contribution is 2.25. The van der Waals surface area contributed by atoms with Crippen molar-refractivity contribution < 1.29 is 29.0 Å². The van der Waals surface area contributed by atoms with Crippen LogP contribution in [-0.2, 0) is 11.2 Å². The third-order valence-corrected chi connectivity index (χ3v) is 5.94. The van der Waals surface area contributed by atoms with Gasteiger partial charge < -0.3 is 24.8 Å². The second-order valence-electron chi connectivity index (χ2n) is 8.46. The quantitative estimate of drug-likeness (QED) is 0.341. The minimum atomic E-state index is -0.923. The number of ether oxygens (including phenoxy) is 2. The lowest BCUT2D eigenvalue weighted by atomic mass is 9.99. The molecule has 0 radical (unpaired) electrons. The number of nitrogens with one attached hydrogen (secondary N) is 2. The average Bonchev–Trinajstić information content (AvgIpc) is 3.31. The molecule has 1 saturated heterocycles. The Balaban J connectivity index is 0.000000234. The molecule has 1 fully saturated rings. The maximum atomic E-state index is 11.8. The number of likely N-dealkylation sites (N-methyl/N-ethyl adjacent to an activating group) is 1. The highest BCUT2D eigenvalue weighted by Gasteiger charge is 2.27. The molecule has 10 heteroatoms. The van der Waals surface area contributed by atoms with Gasteiger partial charge in [-0.15, -0.1) is 0 Å². The number of urea groups is 1. The Morgan fingerprint density at radius 2 is 1.80 bits per heavy atom. The summed E-state index contributed by atoms with van der Waals surface area (Å²) in [6.45, 7) is 4.80. The van der Waals surface area contributed by atoms with E-state index in [1.165, 1.54) is 7.11 Å². The first-order valence-corrected chi connectivity index (χ1v) is 12.7. The molecule has 3 N–H and O–H groups in total. The summed E-state index contributed by atoms with van der Waals surface area (Å²) >= 11 is 0. The van der Waals surface area contributed by atoms with Crippen molar-refractivity contribution in [2.75, 3.05) is 27.8 Å². The highest BCUT2D eigenvalue weighted by atomic mass is 16.5. The van der Waals surface area contributed by atoms with Crippen molar-refractivity contribution in [1.82, 2.24) is 20.5 Å². The molecule has 0 saturated carbocycles. The second kappa shape index (κ2) is 13.7. The molecular weight excluding hydrogens is 512 g/mol. The van der Waals surface area contributed by atoms with Crippen LogP contribution in [0.4, 0.5) is 4.79 Å². The van der Waals surface area contributed by atoms with E-state index in [1.807, 2.05) is 39.1 Å². The van der Waals surface area contributed by atoms with Crippen molar-refractivity contribution in [1.29, 1.82) is 0 Å². The maximum Gasteiger partial charge on any atom is 0.322 e. The lowest BCUT2D eigenvalue weighted by molar-refractivity contribution is -0.119. The van der Waals surface area contributed by atoms with Crippen LogP contribution in [0, 0.1) is 11.8 Å². The predicted molar refractivity (Wildman–Crippen MR) is 150 cm³/mol. The van der Waals surface area contributed by atoms with E-state index in [2.05, 4.69) is 27.5 Å². The number of amides is 4. The van der Waals surface area contributed by atoms with Crippen LogP contribution in [0.1, 0.15) is 35.5 Å². The Morgan fingerprint density at radius 1 is 1.02 bits per heavy atom. The lowest BCUT2D eigenvalue weighted by Crippen LogP contribution is -2.34. The van der Waals surface area contributed by atoms with E-state index >= 15 is 0 Å². The number of aromatic hydroxyl groups is 1. The number of carbonyl (C=O) groups is 3. The number of hydrogen-bond acceptors (Lipinski definition) is 7. The van der Waals surface area contributed by atoms with Crippen LogP contribution in [0.3, 0.4) is 0 Å². The summed E-state index contributed by atoms with van der Waals surface area (Å²) in [7, 11) is 4.92. The molecule has 0 spiro atoms. The van der Waals surface area contributed by atoms with E-state index in [1.54, 1.807) is 48.4 Å². The number of fused-ring (bicyclic) bond motifs is 1. The molecule has 10 nitrogen and oxygen atoms in total. The Kier molecular flexibility index (Phi) is 10.1. The smallest absolute Gasteiger partial charge is 0.322 e. The first-order valence-electron chi connectivity index (χ1n) is 12.7. The number of hydrogen-bond donors (Lipinski definition) is 3. The van der Waals surface area contributed by atoms with E-state index < -0.39 is 18.0 Å². The van der Waals surface area contributed by atoms with Gasteiger partial charge in [0.15, 0.2) is 17.5 Å². The van der Waals surface area contributed by atoms with Crippen molar-refractivity contribution in [2.24, 2.45) is 0 Å². The molecule has 4 amide bonds. The fraction of sp³-hybridized carbons (Fsp3) is 0.267. The number of methoxy groups -OCH3 is 2. The van der Waals surface area contributed by atoms with Crippen LogP contribution in [0.2, 0.25) is 0 Å². The van der Waals surface area contributed by atoms with Crippen LogP contribution < -0.4 is 20.1 Å². The molecule has 208 valence electrons. The Morgan fingerprint density at radius 3 is 2.45 bits per heavy atom. The number of imide groups is 1. The number of phenols is 1. The Bertz CT molecular complexity index is 1460. The topological polar surface area (TPSA) is 130 Å². The van der Waals surface area contributed by atoms with Crippen molar-refractivity contribution in [3.05, 3.63) is 71.4 Å². The van der Waals surface area contributed by atoms with Gasteiger partial charge >= 0.3 is 6.03 Å². The molecule has 1 unspecified atom stereocenters. The Hall–Kier alpha value is -5.04. The van der Waals surface area contributed by atoms with Crippen LogP contribution in [0.5, 0.6) is 17.2 Å². The zero-order chi connectivity index (χ0) is 29.2. The Labute approximate surface area is 233 Å². The summed E-state index contributed by atoms with van der Waals surface area (Å²) in [6, 6.07) is 14.3. The largest absolute Gasteiger partial charge is 0.508 e. The van der Waals surface area contributed by atoms with Crippen LogP contribution in [-0.4, -0.2) is 66.7 Å². The van der Waals surface area contributed by atoms with Gasteiger partial charge in [0.1, 0.15) is 11.5 Å². The molecule has 3 aromatic rings. The van der Waals surface area contributed by atoms with Gasteiger partial charge in [-0.3, -0.25) is 14.9 Å². The van der Waals surface area contributed by atoms with Gasteiger partial charge in [0, 0.05) is 24.7 Å². The van der Waals surface area contributed by atoms with Gasteiger partial charge in [-0.1, -0.05) is 38.0 Å². The number of carbonyl (C=O) groups excluding carboxylic acids is 3. The van der Waals surface area contributed by atoms with Gasteiger partial charge in [-0.25, -0.2) is 9.78 Å². The molecular formula is C30H32N4O6. The number of aromatic nitrogens is 1. The monoisotopic (exact) mass is 544 g/mol. The fourth-order valence-corrected chi connectivity index (χ4v) is 3.88. The molecule has 5 rings (SSSR count). The molecule has 40 heavy (non-hydrogen) atoms. The van der Waals surface area contributed by atoms with Crippen LogP contribution in [0.15, 0.2) is 54.6 Å². The van der Waals surface area contributed by atoms with E-state index in [0.29, 0.717) is 22.7 Å². The van der Waals surface area contributed by atoms with Gasteiger partial charge in [-0.05, 0) is 54.3 Å². The van der Waals surface area contributed by atoms with Crippen LogP contribution >= 0.6 is 0 Å².